The summed E-state index contributed by atoms with van der Waals surface area (Å²) >= 11 is 0. The summed E-state index contributed by atoms with van der Waals surface area (Å²) in [4.78, 5) is 21.0. The molecule has 3 aromatic rings. The molecule has 0 unspecified atom stereocenters. The van der Waals surface area contributed by atoms with E-state index in [-0.39, 0.29) is 17.3 Å². The summed E-state index contributed by atoms with van der Waals surface area (Å²) < 4.78 is 24.3. The van der Waals surface area contributed by atoms with Crippen LogP contribution in [0.15, 0.2) is 48.5 Å². The van der Waals surface area contributed by atoms with E-state index in [0.29, 0.717) is 22.9 Å². The molecule has 0 fully saturated rings. The average molecular weight is 382 g/mol. The van der Waals surface area contributed by atoms with Gasteiger partial charge < -0.3 is 20.1 Å². The number of carbonyl (C=O) groups excluding carboxylic acids is 1. The first-order chi connectivity index (χ1) is 13.5. The van der Waals surface area contributed by atoms with Gasteiger partial charge in [-0.1, -0.05) is 12.1 Å². The molecule has 1 heterocycles. The molecule has 3 rings (SSSR count). The lowest BCUT2D eigenvalue weighted by atomic mass is 10.2. The molecule has 0 aliphatic heterocycles. The quantitative estimate of drug-likeness (QED) is 0.672. The minimum absolute atomic E-state index is 0.0766. The van der Waals surface area contributed by atoms with Gasteiger partial charge in [-0.2, -0.15) is 0 Å². The Morgan fingerprint density at radius 3 is 2.50 bits per heavy atom. The van der Waals surface area contributed by atoms with Crippen molar-refractivity contribution in [1.29, 1.82) is 0 Å². The van der Waals surface area contributed by atoms with Crippen molar-refractivity contribution in [2.45, 2.75) is 6.92 Å². The van der Waals surface area contributed by atoms with E-state index in [1.54, 1.807) is 44.4 Å². The predicted molar refractivity (Wildman–Crippen MR) is 104 cm³/mol. The molecule has 0 aliphatic carbocycles. The monoisotopic (exact) mass is 382 g/mol. The molecule has 2 N–H and O–H groups in total. The molecule has 1 amide bonds. The highest BCUT2D eigenvalue weighted by Gasteiger charge is 2.14. The number of halogens is 1. The lowest BCUT2D eigenvalue weighted by Gasteiger charge is -2.13. The molecule has 0 spiro atoms. The van der Waals surface area contributed by atoms with Crippen LogP contribution in [0.25, 0.3) is 0 Å². The van der Waals surface area contributed by atoms with E-state index in [2.05, 4.69) is 20.6 Å². The van der Waals surface area contributed by atoms with Gasteiger partial charge in [0.25, 0.3) is 5.91 Å². The van der Waals surface area contributed by atoms with E-state index >= 15 is 0 Å². The van der Waals surface area contributed by atoms with Crippen molar-refractivity contribution in [3.8, 4) is 11.5 Å². The van der Waals surface area contributed by atoms with Crippen LogP contribution in [0.1, 0.15) is 16.2 Å². The van der Waals surface area contributed by atoms with Gasteiger partial charge in [0.05, 0.1) is 25.6 Å². The first kappa shape index (κ1) is 19.1. The summed E-state index contributed by atoms with van der Waals surface area (Å²) in [5, 5.41) is 5.54. The summed E-state index contributed by atoms with van der Waals surface area (Å²) in [6.07, 6.45) is 0. The van der Waals surface area contributed by atoms with Crippen molar-refractivity contribution in [2.24, 2.45) is 0 Å². The number of methoxy groups -OCH3 is 2. The van der Waals surface area contributed by atoms with Crippen LogP contribution in [0.5, 0.6) is 11.5 Å². The maximum Gasteiger partial charge on any atom is 0.274 e. The number of hydrogen-bond acceptors (Lipinski definition) is 6. The van der Waals surface area contributed by atoms with Gasteiger partial charge in [0, 0.05) is 11.8 Å². The zero-order chi connectivity index (χ0) is 20.1. The smallest absolute Gasteiger partial charge is 0.274 e. The molecule has 8 heteroatoms. The third-order valence-electron chi connectivity index (χ3n) is 3.86. The highest BCUT2D eigenvalue weighted by atomic mass is 19.1. The predicted octanol–water partition coefficient (Wildman–Crippen LogP) is 3.94. The number of benzene rings is 2. The molecule has 1 aromatic heterocycles. The number of aryl methyl sites for hydroxylation is 1. The van der Waals surface area contributed by atoms with E-state index in [9.17, 15) is 9.18 Å². The molecule has 0 saturated heterocycles. The summed E-state index contributed by atoms with van der Waals surface area (Å²) in [5.74, 6) is 0.305. The number of aromatic nitrogens is 2. The number of ether oxygens (including phenoxy) is 2. The molecule has 2 aromatic carbocycles. The van der Waals surface area contributed by atoms with Crippen LogP contribution in [-0.4, -0.2) is 30.1 Å². The highest BCUT2D eigenvalue weighted by Crippen LogP contribution is 2.30. The van der Waals surface area contributed by atoms with Gasteiger partial charge in [0.15, 0.2) is 0 Å². The molecule has 28 heavy (non-hydrogen) atoms. The normalized spacial score (nSPS) is 10.3. The second-order valence-corrected chi connectivity index (χ2v) is 5.84. The van der Waals surface area contributed by atoms with Crippen LogP contribution in [-0.2, 0) is 0 Å². The standard InChI is InChI=1S/C20H19FN4O3/c1-12-10-17(19(26)23-15-7-5-4-6-14(15)21)25-20(22-12)24-16-11-13(27-2)8-9-18(16)28-3/h4-11H,1-3H3,(H,23,26)(H,22,24,25). The van der Waals surface area contributed by atoms with Crippen molar-refractivity contribution in [2.75, 3.05) is 24.9 Å². The summed E-state index contributed by atoms with van der Waals surface area (Å²) in [5.41, 5.74) is 1.32. The maximum atomic E-state index is 13.8. The van der Waals surface area contributed by atoms with Crippen molar-refractivity contribution in [3.63, 3.8) is 0 Å². The van der Waals surface area contributed by atoms with E-state index in [1.807, 2.05) is 0 Å². The fraction of sp³-hybridized carbons (Fsp3) is 0.150. The van der Waals surface area contributed by atoms with Gasteiger partial charge in [-0.15, -0.1) is 0 Å². The fourth-order valence-corrected chi connectivity index (χ4v) is 2.52. The average Bonchev–Trinajstić information content (AvgIpc) is 2.69. The zero-order valence-electron chi connectivity index (χ0n) is 15.6. The van der Waals surface area contributed by atoms with Crippen LogP contribution in [0.3, 0.4) is 0 Å². The third-order valence-corrected chi connectivity index (χ3v) is 3.86. The minimum Gasteiger partial charge on any atom is -0.497 e. The molecule has 0 bridgehead atoms. The fourth-order valence-electron chi connectivity index (χ4n) is 2.52. The first-order valence-corrected chi connectivity index (χ1v) is 8.41. The van der Waals surface area contributed by atoms with E-state index in [0.717, 1.165) is 0 Å². The number of rotatable bonds is 6. The van der Waals surface area contributed by atoms with Crippen molar-refractivity contribution >= 4 is 23.2 Å². The van der Waals surface area contributed by atoms with Crippen LogP contribution in [0.2, 0.25) is 0 Å². The van der Waals surface area contributed by atoms with Crippen LogP contribution in [0.4, 0.5) is 21.7 Å². The molecule has 0 radical (unpaired) electrons. The van der Waals surface area contributed by atoms with Crippen molar-refractivity contribution in [1.82, 2.24) is 9.97 Å². The van der Waals surface area contributed by atoms with E-state index < -0.39 is 11.7 Å². The Morgan fingerprint density at radius 1 is 1.00 bits per heavy atom. The third kappa shape index (κ3) is 4.35. The summed E-state index contributed by atoms with van der Waals surface area (Å²) in [6, 6.07) is 12.7. The largest absolute Gasteiger partial charge is 0.497 e. The molecule has 0 aliphatic rings. The van der Waals surface area contributed by atoms with Gasteiger partial charge in [-0.3, -0.25) is 4.79 Å². The maximum absolute atomic E-state index is 13.8. The second kappa shape index (κ2) is 8.34. The van der Waals surface area contributed by atoms with Gasteiger partial charge in [-0.05, 0) is 37.3 Å². The second-order valence-electron chi connectivity index (χ2n) is 5.84. The Balaban J connectivity index is 1.88. The molecule has 0 atom stereocenters. The number of nitrogens with zero attached hydrogens (tertiary/aromatic N) is 2. The van der Waals surface area contributed by atoms with Crippen LogP contribution < -0.4 is 20.1 Å². The Hall–Kier alpha value is -3.68. The van der Waals surface area contributed by atoms with Gasteiger partial charge in [-0.25, -0.2) is 14.4 Å². The Morgan fingerprint density at radius 2 is 1.79 bits per heavy atom. The van der Waals surface area contributed by atoms with Crippen molar-refractivity contribution in [3.05, 3.63) is 65.7 Å². The number of carbonyl (C=O) groups is 1. The molecule has 7 nitrogen and oxygen atoms in total. The van der Waals surface area contributed by atoms with Crippen LogP contribution in [0, 0.1) is 12.7 Å². The number of amides is 1. The van der Waals surface area contributed by atoms with Crippen LogP contribution >= 0.6 is 0 Å². The highest BCUT2D eigenvalue weighted by molar-refractivity contribution is 6.03. The summed E-state index contributed by atoms with van der Waals surface area (Å²) in [6.45, 7) is 1.73. The SMILES string of the molecule is COc1ccc(OC)c(Nc2nc(C)cc(C(=O)Nc3ccccc3F)n2)c1. The topological polar surface area (TPSA) is 85.4 Å². The lowest BCUT2D eigenvalue weighted by Crippen LogP contribution is -2.16. The van der Waals surface area contributed by atoms with E-state index in [1.165, 1.54) is 25.3 Å². The minimum atomic E-state index is -0.545. The van der Waals surface area contributed by atoms with E-state index in [4.69, 9.17) is 9.47 Å². The zero-order valence-corrected chi connectivity index (χ0v) is 15.6. The molecule has 0 saturated carbocycles. The number of hydrogen-bond donors (Lipinski definition) is 2. The Kier molecular flexibility index (Phi) is 5.69. The lowest BCUT2D eigenvalue weighted by molar-refractivity contribution is 0.102. The summed E-state index contributed by atoms with van der Waals surface area (Å²) in [7, 11) is 3.09. The number of anilines is 3. The molecular formula is C20H19FN4O3. The number of para-hydroxylation sites is 1. The Bertz CT molecular complexity index is 1010. The van der Waals surface area contributed by atoms with Crippen molar-refractivity contribution < 1.29 is 18.7 Å². The van der Waals surface area contributed by atoms with Gasteiger partial charge >= 0.3 is 0 Å². The molecule has 144 valence electrons. The first-order valence-electron chi connectivity index (χ1n) is 8.41. The molecular weight excluding hydrogens is 363 g/mol. The Labute approximate surface area is 161 Å². The van der Waals surface area contributed by atoms with Gasteiger partial charge in [0.1, 0.15) is 23.0 Å². The number of nitrogens with one attached hydrogen (secondary N) is 2. The van der Waals surface area contributed by atoms with Gasteiger partial charge in [0.2, 0.25) is 5.95 Å².